The Morgan fingerprint density at radius 3 is 2.86 bits per heavy atom. The van der Waals surface area contributed by atoms with Gasteiger partial charge >= 0.3 is 0 Å². The van der Waals surface area contributed by atoms with Gasteiger partial charge in [0.05, 0.1) is 12.8 Å². The molecule has 0 N–H and O–H groups in total. The number of aryl methyl sites for hydroxylation is 1. The molecule has 2 aliphatic rings. The maximum atomic E-state index is 5.49. The number of furan rings is 1. The van der Waals surface area contributed by atoms with E-state index < -0.39 is 0 Å². The molecule has 0 radical (unpaired) electrons. The predicted molar refractivity (Wildman–Crippen MR) is 86.8 cm³/mol. The summed E-state index contributed by atoms with van der Waals surface area (Å²) in [6.07, 6.45) is 5.67. The zero-order valence-corrected chi connectivity index (χ0v) is 13.0. The molecular formula is C18H22ClNO. The molecule has 0 bridgehead atoms. The van der Waals surface area contributed by atoms with Gasteiger partial charge in [0.1, 0.15) is 5.76 Å². The number of halogens is 1. The molecule has 1 fully saturated rings. The quantitative estimate of drug-likeness (QED) is 0.824. The fraction of sp³-hybridized carbons (Fsp3) is 0.444. The van der Waals surface area contributed by atoms with Crippen molar-refractivity contribution in [1.82, 2.24) is 4.90 Å². The lowest BCUT2D eigenvalue weighted by Crippen LogP contribution is -2.40. The monoisotopic (exact) mass is 303 g/mol. The minimum absolute atomic E-state index is 0. The highest BCUT2D eigenvalue weighted by atomic mass is 35.5. The number of piperidine rings is 1. The summed E-state index contributed by atoms with van der Waals surface area (Å²) in [7, 11) is 0. The van der Waals surface area contributed by atoms with E-state index in [-0.39, 0.29) is 12.4 Å². The lowest BCUT2D eigenvalue weighted by molar-refractivity contribution is 0.127. The summed E-state index contributed by atoms with van der Waals surface area (Å²) < 4.78 is 5.49. The Morgan fingerprint density at radius 2 is 2.00 bits per heavy atom. The molecule has 0 unspecified atom stereocenters. The maximum absolute atomic E-state index is 5.49. The predicted octanol–water partition coefficient (Wildman–Crippen LogP) is 4.25. The minimum Gasteiger partial charge on any atom is -0.468 e. The van der Waals surface area contributed by atoms with Gasteiger partial charge in [0.15, 0.2) is 0 Å². The molecule has 2 atom stereocenters. The van der Waals surface area contributed by atoms with Crippen LogP contribution in [0.15, 0.2) is 47.1 Å². The molecule has 3 heteroatoms. The summed E-state index contributed by atoms with van der Waals surface area (Å²) in [5.41, 5.74) is 3.22. The first-order valence-corrected chi connectivity index (χ1v) is 7.73. The highest BCUT2D eigenvalue weighted by molar-refractivity contribution is 5.85. The topological polar surface area (TPSA) is 16.4 Å². The molecule has 2 nitrogen and oxygen atoms in total. The van der Waals surface area contributed by atoms with E-state index >= 15 is 0 Å². The van der Waals surface area contributed by atoms with Crippen molar-refractivity contribution in [2.24, 2.45) is 5.92 Å². The van der Waals surface area contributed by atoms with Crippen molar-refractivity contribution in [3.8, 4) is 0 Å². The first-order chi connectivity index (χ1) is 9.90. The Labute approximate surface area is 132 Å². The second-order valence-electron chi connectivity index (χ2n) is 6.21. The molecule has 1 aliphatic carbocycles. The van der Waals surface area contributed by atoms with Gasteiger partial charge in [-0.25, -0.2) is 0 Å². The number of nitrogens with zero attached hydrogens (tertiary/aromatic N) is 1. The Kier molecular flexibility index (Phi) is 4.37. The van der Waals surface area contributed by atoms with E-state index in [9.17, 15) is 0 Å². The number of benzene rings is 1. The van der Waals surface area contributed by atoms with Crippen molar-refractivity contribution in [3.05, 3.63) is 59.5 Å². The summed E-state index contributed by atoms with van der Waals surface area (Å²) in [6.45, 7) is 3.38. The van der Waals surface area contributed by atoms with Crippen LogP contribution in [0.3, 0.4) is 0 Å². The third kappa shape index (κ3) is 2.88. The van der Waals surface area contributed by atoms with E-state index in [1.807, 2.05) is 6.07 Å². The first-order valence-electron chi connectivity index (χ1n) is 7.73. The van der Waals surface area contributed by atoms with Crippen LogP contribution in [0.4, 0.5) is 0 Å². The van der Waals surface area contributed by atoms with Gasteiger partial charge in [0.2, 0.25) is 0 Å². The summed E-state index contributed by atoms with van der Waals surface area (Å²) in [5, 5.41) is 0. The van der Waals surface area contributed by atoms with Crippen molar-refractivity contribution in [1.29, 1.82) is 0 Å². The molecule has 0 saturated carbocycles. The SMILES string of the molecule is Cl.c1coc(CN2CC[C@H]3c4ccccc4CC[C@H]3C2)c1. The van der Waals surface area contributed by atoms with Gasteiger partial charge in [-0.05, 0) is 60.9 Å². The summed E-state index contributed by atoms with van der Waals surface area (Å²) in [5.74, 6) is 2.71. The number of hydrogen-bond donors (Lipinski definition) is 0. The van der Waals surface area contributed by atoms with Gasteiger partial charge < -0.3 is 4.42 Å². The van der Waals surface area contributed by atoms with Crippen molar-refractivity contribution < 1.29 is 4.42 Å². The fourth-order valence-electron chi connectivity index (χ4n) is 4.04. The van der Waals surface area contributed by atoms with Crippen molar-refractivity contribution >= 4 is 12.4 Å². The maximum Gasteiger partial charge on any atom is 0.117 e. The smallest absolute Gasteiger partial charge is 0.117 e. The summed E-state index contributed by atoms with van der Waals surface area (Å²) in [4.78, 5) is 2.56. The average Bonchev–Trinajstić information content (AvgIpc) is 3.00. The van der Waals surface area contributed by atoms with Crippen LogP contribution >= 0.6 is 12.4 Å². The highest BCUT2D eigenvalue weighted by Crippen LogP contribution is 2.41. The lowest BCUT2D eigenvalue weighted by Gasteiger charge is -2.42. The van der Waals surface area contributed by atoms with Gasteiger partial charge in [-0.1, -0.05) is 24.3 Å². The third-order valence-corrected chi connectivity index (χ3v) is 5.02. The van der Waals surface area contributed by atoms with Crippen LogP contribution in [0.25, 0.3) is 0 Å². The number of likely N-dealkylation sites (tertiary alicyclic amines) is 1. The zero-order chi connectivity index (χ0) is 13.4. The lowest BCUT2D eigenvalue weighted by atomic mass is 9.71. The van der Waals surface area contributed by atoms with Gasteiger partial charge in [0.25, 0.3) is 0 Å². The second kappa shape index (κ2) is 6.25. The van der Waals surface area contributed by atoms with Crippen LogP contribution < -0.4 is 0 Å². The Balaban J connectivity index is 0.00000132. The normalized spacial score (nSPS) is 24.8. The van der Waals surface area contributed by atoms with Crippen molar-refractivity contribution in [3.63, 3.8) is 0 Å². The largest absolute Gasteiger partial charge is 0.468 e. The minimum atomic E-state index is 0. The molecule has 1 aromatic heterocycles. The van der Waals surface area contributed by atoms with Gasteiger partial charge in [0, 0.05) is 6.54 Å². The van der Waals surface area contributed by atoms with Crippen LogP contribution in [0.2, 0.25) is 0 Å². The van der Waals surface area contributed by atoms with Crippen LogP contribution in [-0.2, 0) is 13.0 Å². The van der Waals surface area contributed by atoms with Crippen LogP contribution in [0.1, 0.15) is 35.6 Å². The van der Waals surface area contributed by atoms with E-state index in [1.54, 1.807) is 17.4 Å². The molecule has 1 aromatic carbocycles. The molecule has 1 saturated heterocycles. The molecular weight excluding hydrogens is 282 g/mol. The third-order valence-electron chi connectivity index (χ3n) is 5.02. The Hall–Kier alpha value is -1.25. The number of hydrogen-bond acceptors (Lipinski definition) is 2. The van der Waals surface area contributed by atoms with Gasteiger partial charge in [-0.15, -0.1) is 12.4 Å². The van der Waals surface area contributed by atoms with Crippen LogP contribution in [0, 0.1) is 5.92 Å². The molecule has 4 rings (SSSR count). The molecule has 2 heterocycles. The Morgan fingerprint density at radius 1 is 1.10 bits per heavy atom. The molecule has 2 aromatic rings. The summed E-state index contributed by atoms with van der Waals surface area (Å²) in [6, 6.07) is 13.1. The van der Waals surface area contributed by atoms with Gasteiger partial charge in [-0.2, -0.15) is 0 Å². The molecule has 0 amide bonds. The average molecular weight is 304 g/mol. The van der Waals surface area contributed by atoms with E-state index in [4.69, 9.17) is 4.42 Å². The summed E-state index contributed by atoms with van der Waals surface area (Å²) >= 11 is 0. The van der Waals surface area contributed by atoms with Crippen molar-refractivity contribution in [2.45, 2.75) is 31.7 Å². The van der Waals surface area contributed by atoms with E-state index in [1.165, 1.54) is 32.4 Å². The van der Waals surface area contributed by atoms with Crippen LogP contribution in [0.5, 0.6) is 0 Å². The standard InChI is InChI=1S/C18H21NO.ClH/c1-2-6-17-14(4-1)7-8-15-12-19(10-9-18(15)17)13-16-5-3-11-20-16;/h1-6,11,15,18H,7-10,12-13H2;1H/t15-,18+;/m0./s1. The van der Waals surface area contributed by atoms with Crippen molar-refractivity contribution in [2.75, 3.05) is 13.1 Å². The Bertz CT molecular complexity index is 581. The highest BCUT2D eigenvalue weighted by Gasteiger charge is 2.34. The van der Waals surface area contributed by atoms with Crippen LogP contribution in [-0.4, -0.2) is 18.0 Å². The fourth-order valence-corrected chi connectivity index (χ4v) is 4.04. The molecule has 21 heavy (non-hydrogen) atoms. The van der Waals surface area contributed by atoms with E-state index in [0.717, 1.165) is 24.1 Å². The second-order valence-corrected chi connectivity index (χ2v) is 6.21. The zero-order valence-electron chi connectivity index (χ0n) is 12.2. The number of rotatable bonds is 2. The molecule has 112 valence electrons. The molecule has 0 spiro atoms. The van der Waals surface area contributed by atoms with E-state index in [0.29, 0.717) is 0 Å². The van der Waals surface area contributed by atoms with E-state index in [2.05, 4.69) is 35.2 Å². The first kappa shape index (κ1) is 14.7. The van der Waals surface area contributed by atoms with Gasteiger partial charge in [-0.3, -0.25) is 4.90 Å². The number of fused-ring (bicyclic) bond motifs is 3. The molecule has 1 aliphatic heterocycles.